The highest BCUT2D eigenvalue weighted by molar-refractivity contribution is 5.67. The van der Waals surface area contributed by atoms with Gasteiger partial charge in [-0.3, -0.25) is 14.4 Å². The van der Waals surface area contributed by atoms with Gasteiger partial charge < -0.3 is 29.2 Å². The molecule has 0 radical (unpaired) electrons. The van der Waals surface area contributed by atoms with E-state index in [0.29, 0.717) is 0 Å². The van der Waals surface area contributed by atoms with Crippen LogP contribution in [0.1, 0.15) is 20.8 Å². The van der Waals surface area contributed by atoms with Gasteiger partial charge in [0, 0.05) is 20.8 Å². The van der Waals surface area contributed by atoms with Gasteiger partial charge in [0.25, 0.3) is 0 Å². The number of esters is 3. The van der Waals surface area contributed by atoms with Crippen LogP contribution in [0.3, 0.4) is 0 Å². The zero-order valence-electron chi connectivity index (χ0n) is 11.8. The van der Waals surface area contributed by atoms with Crippen molar-refractivity contribution in [2.75, 3.05) is 6.61 Å². The molecule has 2 unspecified atom stereocenters. The zero-order valence-corrected chi connectivity index (χ0v) is 11.8. The summed E-state index contributed by atoms with van der Waals surface area (Å²) in [4.78, 5) is 32.8. The zero-order chi connectivity index (χ0) is 16.2. The molecule has 120 valence electrons. The smallest absolute Gasteiger partial charge is 0.305 e. The molecule has 1 aliphatic rings. The first kappa shape index (κ1) is 17.3. The Morgan fingerprint density at radius 1 is 0.952 bits per heavy atom. The minimum atomic E-state index is -1.56. The number of aliphatic hydroxyl groups is 2. The van der Waals surface area contributed by atoms with Crippen molar-refractivity contribution in [3.05, 3.63) is 0 Å². The molecule has 9 nitrogen and oxygen atoms in total. The first-order valence-corrected chi connectivity index (χ1v) is 6.21. The van der Waals surface area contributed by atoms with E-state index in [1.807, 2.05) is 0 Å². The fourth-order valence-electron chi connectivity index (χ4n) is 1.82. The molecule has 0 saturated carbocycles. The molecule has 1 rings (SSSR count). The van der Waals surface area contributed by atoms with Crippen LogP contribution in [0, 0.1) is 0 Å². The number of hydrogen-bond donors (Lipinski definition) is 2. The van der Waals surface area contributed by atoms with Gasteiger partial charge in [-0.2, -0.15) is 0 Å². The van der Waals surface area contributed by atoms with Crippen molar-refractivity contribution in [1.29, 1.82) is 0 Å². The van der Waals surface area contributed by atoms with Crippen molar-refractivity contribution < 1.29 is 43.5 Å². The number of hydrogen-bond acceptors (Lipinski definition) is 9. The van der Waals surface area contributed by atoms with Crippen LogP contribution in [-0.4, -0.2) is 65.4 Å². The minimum absolute atomic E-state index is 0.349. The van der Waals surface area contributed by atoms with E-state index in [-0.39, 0.29) is 6.61 Å². The lowest BCUT2D eigenvalue weighted by Crippen LogP contribution is -2.60. The van der Waals surface area contributed by atoms with Gasteiger partial charge in [0.05, 0.1) is 0 Å². The molecule has 0 spiro atoms. The average molecular weight is 306 g/mol. The van der Waals surface area contributed by atoms with Gasteiger partial charge in [-0.1, -0.05) is 0 Å². The van der Waals surface area contributed by atoms with E-state index in [9.17, 15) is 24.6 Å². The van der Waals surface area contributed by atoms with Crippen molar-refractivity contribution in [3.8, 4) is 0 Å². The van der Waals surface area contributed by atoms with E-state index in [1.54, 1.807) is 0 Å². The summed E-state index contributed by atoms with van der Waals surface area (Å²) < 4.78 is 19.5. The Kier molecular flexibility index (Phi) is 6.06. The Morgan fingerprint density at radius 3 is 2.00 bits per heavy atom. The van der Waals surface area contributed by atoms with E-state index in [4.69, 9.17) is 14.2 Å². The highest BCUT2D eigenvalue weighted by Crippen LogP contribution is 2.25. The second kappa shape index (κ2) is 7.34. The molecule has 0 aliphatic carbocycles. The van der Waals surface area contributed by atoms with E-state index in [2.05, 4.69) is 4.74 Å². The molecule has 1 saturated heterocycles. The molecule has 0 aromatic heterocycles. The van der Waals surface area contributed by atoms with Crippen LogP contribution in [0.15, 0.2) is 0 Å². The molecule has 1 fully saturated rings. The maximum absolute atomic E-state index is 11.0. The first-order chi connectivity index (χ1) is 9.72. The first-order valence-electron chi connectivity index (χ1n) is 6.21. The largest absolute Gasteiger partial charge is 0.463 e. The molecule has 9 heteroatoms. The van der Waals surface area contributed by atoms with Crippen LogP contribution in [0.4, 0.5) is 0 Å². The van der Waals surface area contributed by atoms with E-state index >= 15 is 0 Å². The normalized spacial score (nSPS) is 32.1. The molecular formula is C12H18O9. The minimum Gasteiger partial charge on any atom is -0.463 e. The summed E-state index contributed by atoms with van der Waals surface area (Å²) in [5, 5.41) is 19.9. The summed E-state index contributed by atoms with van der Waals surface area (Å²) in [5.41, 5.74) is 0. The monoisotopic (exact) mass is 306 g/mol. The van der Waals surface area contributed by atoms with E-state index < -0.39 is 48.6 Å². The van der Waals surface area contributed by atoms with Crippen LogP contribution < -0.4 is 0 Å². The number of aliphatic hydroxyl groups excluding tert-OH is 2. The molecule has 0 aromatic rings. The lowest BCUT2D eigenvalue weighted by Gasteiger charge is -2.40. The number of rotatable bonds is 4. The summed E-state index contributed by atoms with van der Waals surface area (Å²) in [7, 11) is 0. The van der Waals surface area contributed by atoms with Crippen LogP contribution in [-0.2, 0) is 33.3 Å². The molecule has 21 heavy (non-hydrogen) atoms. The maximum Gasteiger partial charge on any atom is 0.305 e. The van der Waals surface area contributed by atoms with Crippen LogP contribution in [0.25, 0.3) is 0 Å². The third-order valence-electron chi connectivity index (χ3n) is 2.68. The van der Waals surface area contributed by atoms with Crippen LogP contribution in [0.5, 0.6) is 0 Å². The Hall–Kier alpha value is -1.71. The van der Waals surface area contributed by atoms with Gasteiger partial charge >= 0.3 is 17.9 Å². The molecule has 1 aliphatic heterocycles. The predicted molar refractivity (Wildman–Crippen MR) is 64.6 cm³/mol. The molecule has 2 N–H and O–H groups in total. The Balaban J connectivity index is 2.84. The standard InChI is InChI=1S/C12H18O9/c1-5(13)18-4-8-9(16)10(17)11(19-6(2)14)12(21-8)20-7(3)15/h8-12,16-17H,4H2,1-3H3/t8?,9-,10+,11?,12-/m1/s1. The van der Waals surface area contributed by atoms with Crippen LogP contribution >= 0.6 is 0 Å². The fourth-order valence-corrected chi connectivity index (χ4v) is 1.82. The van der Waals surface area contributed by atoms with Crippen LogP contribution in [0.2, 0.25) is 0 Å². The number of carbonyl (C=O) groups is 3. The lowest BCUT2D eigenvalue weighted by atomic mass is 9.99. The second-order valence-electron chi connectivity index (χ2n) is 4.51. The predicted octanol–water partition coefficient (Wildman–Crippen LogP) is -1.51. The average Bonchev–Trinajstić information content (AvgIpc) is 2.35. The highest BCUT2D eigenvalue weighted by atomic mass is 16.7. The van der Waals surface area contributed by atoms with Gasteiger partial charge in [-0.15, -0.1) is 0 Å². The number of carbonyl (C=O) groups excluding carboxylic acids is 3. The molecule has 0 bridgehead atoms. The molecule has 5 atom stereocenters. The molecular weight excluding hydrogens is 288 g/mol. The second-order valence-corrected chi connectivity index (χ2v) is 4.51. The molecule has 0 aromatic carbocycles. The van der Waals surface area contributed by atoms with Gasteiger partial charge in [0.2, 0.25) is 6.29 Å². The molecule has 0 amide bonds. The Morgan fingerprint density at radius 2 is 1.52 bits per heavy atom. The third-order valence-corrected chi connectivity index (χ3v) is 2.68. The van der Waals surface area contributed by atoms with Gasteiger partial charge in [0.15, 0.2) is 6.10 Å². The van der Waals surface area contributed by atoms with Crippen molar-refractivity contribution in [3.63, 3.8) is 0 Å². The summed E-state index contributed by atoms with van der Waals surface area (Å²) in [6.07, 6.45) is -6.96. The third kappa shape index (κ3) is 4.96. The van der Waals surface area contributed by atoms with Gasteiger partial charge in [-0.25, -0.2) is 0 Å². The number of ether oxygens (including phenoxy) is 4. The van der Waals surface area contributed by atoms with E-state index in [0.717, 1.165) is 20.8 Å². The summed E-state index contributed by atoms with van der Waals surface area (Å²) in [6, 6.07) is 0. The SMILES string of the molecule is CC(=O)OCC1O[C@@H](OC(C)=O)C(OC(C)=O)[C@@H](O)[C@@H]1O. The molecule has 1 heterocycles. The van der Waals surface area contributed by atoms with Gasteiger partial charge in [-0.05, 0) is 0 Å². The fraction of sp³-hybridized carbons (Fsp3) is 0.750. The van der Waals surface area contributed by atoms with Crippen molar-refractivity contribution in [1.82, 2.24) is 0 Å². The van der Waals surface area contributed by atoms with Crippen molar-refractivity contribution in [2.24, 2.45) is 0 Å². The summed E-state index contributed by atoms with van der Waals surface area (Å²) in [5.74, 6) is -2.08. The van der Waals surface area contributed by atoms with Crippen molar-refractivity contribution >= 4 is 17.9 Å². The topological polar surface area (TPSA) is 129 Å². The quantitative estimate of drug-likeness (QED) is 0.470. The maximum atomic E-state index is 11.0. The van der Waals surface area contributed by atoms with Crippen molar-refractivity contribution in [2.45, 2.75) is 51.5 Å². The highest BCUT2D eigenvalue weighted by Gasteiger charge is 2.48. The van der Waals surface area contributed by atoms with Gasteiger partial charge in [0.1, 0.15) is 24.9 Å². The lowest BCUT2D eigenvalue weighted by molar-refractivity contribution is -0.295. The summed E-state index contributed by atoms with van der Waals surface area (Å²) >= 11 is 0. The van der Waals surface area contributed by atoms with E-state index in [1.165, 1.54) is 0 Å². The Bertz CT molecular complexity index is 406. The Labute approximate surface area is 120 Å². The summed E-state index contributed by atoms with van der Waals surface area (Å²) in [6.45, 7) is 3.01.